The summed E-state index contributed by atoms with van der Waals surface area (Å²) in [4.78, 5) is 2.15. The number of rotatable bonds is 3. The maximum absolute atomic E-state index is 5.76. The van der Waals surface area contributed by atoms with Gasteiger partial charge in [0.2, 0.25) is 0 Å². The van der Waals surface area contributed by atoms with Gasteiger partial charge in [-0.2, -0.15) is 0 Å². The van der Waals surface area contributed by atoms with Crippen molar-refractivity contribution < 1.29 is 0 Å². The average Bonchev–Trinajstić information content (AvgIpc) is 1.59. The van der Waals surface area contributed by atoms with Crippen LogP contribution in [-0.4, -0.2) is 31.1 Å². The molecule has 0 aromatic carbocycles. The van der Waals surface area contributed by atoms with Gasteiger partial charge >= 0.3 is 0 Å². The Morgan fingerprint density at radius 3 is 1.80 bits per heavy atom. The first kappa shape index (κ1) is 12.8. The monoisotopic (exact) mass is 166 g/mol. The fourth-order valence-corrected chi connectivity index (χ4v) is 0.512. The first-order chi connectivity index (χ1) is 3.92. The smallest absolute Gasteiger partial charge is 0.0109 e. The van der Waals surface area contributed by atoms with Crippen LogP contribution in [-0.2, 0) is 0 Å². The van der Waals surface area contributed by atoms with E-state index in [1.54, 1.807) is 0 Å². The summed E-state index contributed by atoms with van der Waals surface area (Å²) < 4.78 is 0. The predicted molar refractivity (Wildman–Crippen MR) is 48.7 cm³/mol. The maximum atomic E-state index is 5.76. The molecule has 0 atom stereocenters. The van der Waals surface area contributed by atoms with Crippen LogP contribution >= 0.6 is 12.4 Å². The zero-order valence-corrected chi connectivity index (χ0v) is 8.16. The van der Waals surface area contributed by atoms with Crippen LogP contribution in [0.2, 0.25) is 0 Å². The lowest BCUT2D eigenvalue weighted by molar-refractivity contribution is 0.344. The van der Waals surface area contributed by atoms with Crippen LogP contribution in [0.5, 0.6) is 0 Å². The van der Waals surface area contributed by atoms with E-state index in [1.807, 2.05) is 0 Å². The number of hydrogen-bond acceptors (Lipinski definition) is 2. The van der Waals surface area contributed by atoms with Gasteiger partial charge in [-0.15, -0.1) is 12.4 Å². The molecular formula is C7H19ClN2. The van der Waals surface area contributed by atoms with Crippen LogP contribution < -0.4 is 5.73 Å². The van der Waals surface area contributed by atoms with Gasteiger partial charge < -0.3 is 10.6 Å². The molecule has 0 amide bonds. The molecule has 0 saturated heterocycles. The summed E-state index contributed by atoms with van der Waals surface area (Å²) in [5.41, 5.74) is 5.75. The van der Waals surface area contributed by atoms with Crippen LogP contribution in [0.4, 0.5) is 0 Å². The van der Waals surface area contributed by atoms with Crippen molar-refractivity contribution in [1.29, 1.82) is 0 Å². The van der Waals surface area contributed by atoms with E-state index >= 15 is 0 Å². The lowest BCUT2D eigenvalue weighted by atomic mass is 10.0. The van der Waals surface area contributed by atoms with Gasteiger partial charge in [0.15, 0.2) is 0 Å². The van der Waals surface area contributed by atoms with Crippen LogP contribution in [0.25, 0.3) is 0 Å². The molecule has 0 aromatic rings. The van der Waals surface area contributed by atoms with Gasteiger partial charge in [-0.05, 0) is 40.9 Å². The van der Waals surface area contributed by atoms with Gasteiger partial charge in [-0.1, -0.05) is 0 Å². The first-order valence-corrected chi connectivity index (χ1v) is 3.35. The Morgan fingerprint density at radius 1 is 1.30 bits per heavy atom. The minimum atomic E-state index is -0.00965. The third kappa shape index (κ3) is 11.1. The van der Waals surface area contributed by atoms with E-state index in [9.17, 15) is 0 Å². The lowest BCUT2D eigenvalue weighted by Gasteiger charge is -2.20. The molecule has 0 spiro atoms. The van der Waals surface area contributed by atoms with Crippen molar-refractivity contribution in [3.05, 3.63) is 0 Å². The summed E-state index contributed by atoms with van der Waals surface area (Å²) in [7, 11) is 4.12. The highest BCUT2D eigenvalue weighted by Gasteiger charge is 2.09. The van der Waals surface area contributed by atoms with Crippen LogP contribution in [0, 0.1) is 0 Å². The molecule has 0 saturated carbocycles. The lowest BCUT2D eigenvalue weighted by Crippen LogP contribution is -2.35. The molecule has 0 aromatic heterocycles. The fraction of sp³-hybridized carbons (Fsp3) is 1.00. The molecule has 0 radical (unpaired) electrons. The van der Waals surface area contributed by atoms with E-state index in [0.717, 1.165) is 13.0 Å². The Balaban J connectivity index is 0. The van der Waals surface area contributed by atoms with Gasteiger partial charge in [0, 0.05) is 5.54 Å². The Kier molecular flexibility index (Phi) is 6.35. The molecule has 3 heteroatoms. The zero-order valence-electron chi connectivity index (χ0n) is 7.35. The van der Waals surface area contributed by atoms with E-state index in [1.165, 1.54) is 0 Å². The third-order valence-electron chi connectivity index (χ3n) is 1.20. The summed E-state index contributed by atoms with van der Waals surface area (Å²) in [6, 6.07) is 0. The molecule has 2 N–H and O–H groups in total. The molecule has 0 heterocycles. The molecule has 0 bridgehead atoms. The number of halogens is 1. The summed E-state index contributed by atoms with van der Waals surface area (Å²) in [5, 5.41) is 0. The quantitative estimate of drug-likeness (QED) is 0.681. The summed E-state index contributed by atoms with van der Waals surface area (Å²) in [6.45, 7) is 5.18. The molecule has 10 heavy (non-hydrogen) atoms. The van der Waals surface area contributed by atoms with Crippen LogP contribution in [0.3, 0.4) is 0 Å². The second-order valence-corrected chi connectivity index (χ2v) is 3.54. The SMILES string of the molecule is CN(C)CCC(C)(C)N.Cl. The largest absolute Gasteiger partial charge is 0.326 e. The van der Waals surface area contributed by atoms with Crippen molar-refractivity contribution in [2.45, 2.75) is 25.8 Å². The summed E-state index contributed by atoms with van der Waals surface area (Å²) >= 11 is 0. The van der Waals surface area contributed by atoms with Gasteiger partial charge in [-0.25, -0.2) is 0 Å². The van der Waals surface area contributed by atoms with Crippen molar-refractivity contribution in [1.82, 2.24) is 4.90 Å². The van der Waals surface area contributed by atoms with E-state index < -0.39 is 0 Å². The van der Waals surface area contributed by atoms with Crippen molar-refractivity contribution in [3.63, 3.8) is 0 Å². The van der Waals surface area contributed by atoms with E-state index in [4.69, 9.17) is 5.73 Å². The Hall–Kier alpha value is 0.210. The topological polar surface area (TPSA) is 29.3 Å². The molecule has 0 aliphatic carbocycles. The van der Waals surface area contributed by atoms with E-state index in [2.05, 4.69) is 32.8 Å². The van der Waals surface area contributed by atoms with Crippen molar-refractivity contribution in [3.8, 4) is 0 Å². The van der Waals surface area contributed by atoms with Crippen molar-refractivity contribution in [2.24, 2.45) is 5.73 Å². The average molecular weight is 167 g/mol. The summed E-state index contributed by atoms with van der Waals surface area (Å²) in [5.74, 6) is 0. The molecule has 0 rings (SSSR count). The normalized spacial score (nSPS) is 11.4. The standard InChI is InChI=1S/C7H18N2.ClH/c1-7(2,8)5-6-9(3)4;/h5-6,8H2,1-4H3;1H. The third-order valence-corrected chi connectivity index (χ3v) is 1.20. The van der Waals surface area contributed by atoms with Gasteiger partial charge in [0.05, 0.1) is 0 Å². The maximum Gasteiger partial charge on any atom is 0.0109 e. The molecule has 0 aliphatic heterocycles. The molecular weight excluding hydrogens is 148 g/mol. The number of nitrogens with two attached hydrogens (primary N) is 1. The highest BCUT2D eigenvalue weighted by atomic mass is 35.5. The Labute approximate surface area is 70.2 Å². The van der Waals surface area contributed by atoms with Crippen molar-refractivity contribution >= 4 is 12.4 Å². The van der Waals surface area contributed by atoms with E-state index in [-0.39, 0.29) is 17.9 Å². The van der Waals surface area contributed by atoms with Crippen LogP contribution in [0.1, 0.15) is 20.3 Å². The molecule has 0 aliphatic rings. The Bertz CT molecular complexity index is 76.2. The first-order valence-electron chi connectivity index (χ1n) is 3.35. The number of nitrogens with zero attached hydrogens (tertiary/aromatic N) is 1. The molecule has 0 fully saturated rings. The second kappa shape index (κ2) is 4.94. The molecule has 0 unspecified atom stereocenters. The predicted octanol–water partition coefficient (Wildman–Crippen LogP) is 1.10. The Morgan fingerprint density at radius 2 is 1.70 bits per heavy atom. The van der Waals surface area contributed by atoms with Crippen LogP contribution in [0.15, 0.2) is 0 Å². The molecule has 2 nitrogen and oxygen atoms in total. The highest BCUT2D eigenvalue weighted by molar-refractivity contribution is 5.85. The second-order valence-electron chi connectivity index (χ2n) is 3.54. The molecule has 64 valence electrons. The zero-order chi connectivity index (χ0) is 7.49. The minimum Gasteiger partial charge on any atom is -0.326 e. The number of hydrogen-bond donors (Lipinski definition) is 1. The van der Waals surface area contributed by atoms with Crippen molar-refractivity contribution in [2.75, 3.05) is 20.6 Å². The van der Waals surface area contributed by atoms with E-state index in [0.29, 0.717) is 0 Å². The highest BCUT2D eigenvalue weighted by Crippen LogP contribution is 2.02. The van der Waals surface area contributed by atoms with Gasteiger partial charge in [0.25, 0.3) is 0 Å². The summed E-state index contributed by atoms with van der Waals surface area (Å²) in [6.07, 6.45) is 1.06. The minimum absolute atomic E-state index is 0. The van der Waals surface area contributed by atoms with Gasteiger partial charge in [0.1, 0.15) is 0 Å². The van der Waals surface area contributed by atoms with Gasteiger partial charge in [-0.3, -0.25) is 0 Å². The fourth-order valence-electron chi connectivity index (χ4n) is 0.512.